The third-order valence-electron chi connectivity index (χ3n) is 3.43. The van der Waals surface area contributed by atoms with Gasteiger partial charge in [-0.3, -0.25) is 4.68 Å². The van der Waals surface area contributed by atoms with Crippen LogP contribution in [-0.2, 0) is 13.0 Å². The molecule has 0 saturated heterocycles. The zero-order chi connectivity index (χ0) is 15.2. The van der Waals surface area contributed by atoms with Gasteiger partial charge in [0.25, 0.3) is 0 Å². The molecule has 1 N–H and O–H groups in total. The van der Waals surface area contributed by atoms with E-state index in [1.165, 1.54) is 6.07 Å². The van der Waals surface area contributed by atoms with Crippen LogP contribution in [-0.4, -0.2) is 16.3 Å². The van der Waals surface area contributed by atoms with Crippen molar-refractivity contribution in [3.8, 4) is 0 Å². The highest BCUT2D eigenvalue weighted by molar-refractivity contribution is 6.31. The first-order valence-electron chi connectivity index (χ1n) is 7.35. The van der Waals surface area contributed by atoms with Crippen LogP contribution in [0, 0.1) is 5.82 Å². The van der Waals surface area contributed by atoms with Gasteiger partial charge in [-0.15, -0.1) is 0 Å². The Kier molecular flexibility index (Phi) is 5.76. The first-order chi connectivity index (χ1) is 10.2. The second-order valence-corrected chi connectivity index (χ2v) is 5.41. The minimum Gasteiger partial charge on any atom is -0.309 e. The fourth-order valence-corrected chi connectivity index (χ4v) is 2.78. The van der Waals surface area contributed by atoms with Gasteiger partial charge in [0.05, 0.1) is 23.0 Å². The molecule has 3 nitrogen and oxygen atoms in total. The van der Waals surface area contributed by atoms with Gasteiger partial charge in [-0.1, -0.05) is 43.6 Å². The van der Waals surface area contributed by atoms with Crippen molar-refractivity contribution in [2.24, 2.45) is 0 Å². The van der Waals surface area contributed by atoms with Crippen LogP contribution in [0.1, 0.15) is 37.6 Å². The maximum absolute atomic E-state index is 13.9. The molecule has 1 aromatic carbocycles. The number of nitrogens with zero attached hydrogens (tertiary/aromatic N) is 2. The summed E-state index contributed by atoms with van der Waals surface area (Å²) in [7, 11) is 0. The van der Waals surface area contributed by atoms with E-state index in [0.29, 0.717) is 17.0 Å². The number of hydrogen-bond acceptors (Lipinski definition) is 2. The smallest absolute Gasteiger partial charge is 0.126 e. The summed E-state index contributed by atoms with van der Waals surface area (Å²) in [4.78, 5) is 0. The molecular weight excluding hydrogens is 289 g/mol. The lowest BCUT2D eigenvalue weighted by atomic mass is 10.0. The number of rotatable bonds is 7. The Morgan fingerprint density at radius 1 is 1.33 bits per heavy atom. The van der Waals surface area contributed by atoms with Gasteiger partial charge in [0.15, 0.2) is 0 Å². The maximum Gasteiger partial charge on any atom is 0.126 e. The molecule has 1 heterocycles. The van der Waals surface area contributed by atoms with Crippen LogP contribution in [0.2, 0.25) is 5.02 Å². The largest absolute Gasteiger partial charge is 0.309 e. The number of aryl methyl sites for hydroxylation is 1. The van der Waals surface area contributed by atoms with Crippen LogP contribution < -0.4 is 5.32 Å². The quantitative estimate of drug-likeness (QED) is 0.838. The Bertz CT molecular complexity index is 583. The second kappa shape index (κ2) is 7.57. The van der Waals surface area contributed by atoms with Crippen LogP contribution in [0.3, 0.4) is 0 Å². The lowest BCUT2D eigenvalue weighted by Crippen LogP contribution is -2.26. The molecule has 21 heavy (non-hydrogen) atoms. The number of likely N-dealkylation sites (N-methyl/N-ethyl adjacent to an activating group) is 1. The highest BCUT2D eigenvalue weighted by Gasteiger charge is 2.21. The summed E-state index contributed by atoms with van der Waals surface area (Å²) >= 11 is 6.30. The maximum atomic E-state index is 13.9. The average Bonchev–Trinajstić information content (AvgIpc) is 2.82. The average molecular weight is 310 g/mol. The molecule has 1 aromatic heterocycles. The molecule has 2 aromatic rings. The van der Waals surface area contributed by atoms with E-state index in [1.54, 1.807) is 12.3 Å². The molecule has 0 radical (unpaired) electrons. The minimum absolute atomic E-state index is 0.0477. The topological polar surface area (TPSA) is 29.9 Å². The fraction of sp³-hybridized carbons (Fsp3) is 0.438. The Hall–Kier alpha value is -1.39. The number of aromatic nitrogens is 2. The van der Waals surface area contributed by atoms with Gasteiger partial charge in [0.2, 0.25) is 0 Å². The SMILES string of the molecule is CCCn1ncc(Cl)c1C(Cc1ccccc1F)NCC. The molecule has 0 saturated carbocycles. The molecule has 0 spiro atoms. The molecular formula is C16H21ClFN3. The van der Waals surface area contributed by atoms with Crippen LogP contribution >= 0.6 is 11.6 Å². The van der Waals surface area contributed by atoms with Gasteiger partial charge in [0.1, 0.15) is 5.82 Å². The van der Waals surface area contributed by atoms with Crippen molar-refractivity contribution in [3.63, 3.8) is 0 Å². The van der Waals surface area contributed by atoms with Crippen molar-refractivity contribution in [3.05, 3.63) is 52.6 Å². The van der Waals surface area contributed by atoms with E-state index in [2.05, 4.69) is 17.3 Å². The number of benzene rings is 1. The first-order valence-corrected chi connectivity index (χ1v) is 7.73. The molecule has 114 valence electrons. The summed E-state index contributed by atoms with van der Waals surface area (Å²) in [6.07, 6.45) is 3.19. The van der Waals surface area contributed by atoms with Crippen molar-refractivity contribution in [1.82, 2.24) is 15.1 Å². The zero-order valence-corrected chi connectivity index (χ0v) is 13.2. The summed E-state index contributed by atoms with van der Waals surface area (Å²) in [6, 6.07) is 6.81. The van der Waals surface area contributed by atoms with Crippen molar-refractivity contribution in [2.45, 2.75) is 39.3 Å². The number of halogens is 2. The Morgan fingerprint density at radius 2 is 2.10 bits per heavy atom. The van der Waals surface area contributed by atoms with Crippen LogP contribution in [0.4, 0.5) is 4.39 Å². The Labute approximate surface area is 130 Å². The highest BCUT2D eigenvalue weighted by atomic mass is 35.5. The van der Waals surface area contributed by atoms with Gasteiger partial charge in [-0.2, -0.15) is 5.10 Å². The zero-order valence-electron chi connectivity index (χ0n) is 12.4. The van der Waals surface area contributed by atoms with E-state index in [9.17, 15) is 4.39 Å². The molecule has 1 unspecified atom stereocenters. The highest BCUT2D eigenvalue weighted by Crippen LogP contribution is 2.26. The summed E-state index contributed by atoms with van der Waals surface area (Å²) in [6.45, 7) is 5.72. The normalized spacial score (nSPS) is 12.6. The van der Waals surface area contributed by atoms with E-state index in [1.807, 2.05) is 23.7 Å². The van der Waals surface area contributed by atoms with Crippen molar-refractivity contribution in [2.75, 3.05) is 6.54 Å². The monoisotopic (exact) mass is 309 g/mol. The van der Waals surface area contributed by atoms with Crippen LogP contribution in [0.15, 0.2) is 30.5 Å². The molecule has 0 fully saturated rings. The predicted molar refractivity (Wildman–Crippen MR) is 84.0 cm³/mol. The Balaban J connectivity index is 2.31. The van der Waals surface area contributed by atoms with E-state index >= 15 is 0 Å². The fourth-order valence-electron chi connectivity index (χ4n) is 2.50. The molecule has 0 aliphatic heterocycles. The number of nitrogens with one attached hydrogen (secondary N) is 1. The summed E-state index contributed by atoms with van der Waals surface area (Å²) < 4.78 is 15.8. The summed E-state index contributed by atoms with van der Waals surface area (Å²) in [5, 5.41) is 8.34. The van der Waals surface area contributed by atoms with Crippen molar-refractivity contribution < 1.29 is 4.39 Å². The van der Waals surface area contributed by atoms with Crippen LogP contribution in [0.5, 0.6) is 0 Å². The van der Waals surface area contributed by atoms with Gasteiger partial charge in [-0.25, -0.2) is 4.39 Å². The lowest BCUT2D eigenvalue weighted by molar-refractivity contribution is 0.470. The van der Waals surface area contributed by atoms with E-state index in [-0.39, 0.29) is 11.9 Å². The standard InChI is InChI=1S/C16H21ClFN3/c1-3-9-21-16(13(17)11-20-21)15(19-4-2)10-12-7-5-6-8-14(12)18/h5-8,11,15,19H,3-4,9-10H2,1-2H3. The summed E-state index contributed by atoms with van der Waals surface area (Å²) in [5.74, 6) is -0.182. The van der Waals surface area contributed by atoms with Gasteiger partial charge in [-0.05, 0) is 31.0 Å². The minimum atomic E-state index is -0.182. The van der Waals surface area contributed by atoms with E-state index in [0.717, 1.165) is 25.2 Å². The third kappa shape index (κ3) is 3.83. The second-order valence-electron chi connectivity index (χ2n) is 5.01. The third-order valence-corrected chi connectivity index (χ3v) is 3.72. The van der Waals surface area contributed by atoms with Crippen LogP contribution in [0.25, 0.3) is 0 Å². The molecule has 2 rings (SSSR count). The van der Waals surface area contributed by atoms with Crippen molar-refractivity contribution in [1.29, 1.82) is 0 Å². The van der Waals surface area contributed by atoms with E-state index < -0.39 is 0 Å². The number of hydrogen-bond donors (Lipinski definition) is 1. The molecule has 0 aliphatic carbocycles. The molecule has 5 heteroatoms. The summed E-state index contributed by atoms with van der Waals surface area (Å²) in [5.41, 5.74) is 1.62. The molecule has 0 aliphatic rings. The molecule has 0 amide bonds. The van der Waals surface area contributed by atoms with E-state index in [4.69, 9.17) is 11.6 Å². The predicted octanol–water partition coefficient (Wildman–Crippen LogP) is 3.98. The Morgan fingerprint density at radius 3 is 2.76 bits per heavy atom. The lowest BCUT2D eigenvalue weighted by Gasteiger charge is -2.20. The van der Waals surface area contributed by atoms with Gasteiger partial charge >= 0.3 is 0 Å². The molecule has 0 bridgehead atoms. The molecule has 1 atom stereocenters. The van der Waals surface area contributed by atoms with Crippen molar-refractivity contribution >= 4 is 11.6 Å². The first kappa shape index (κ1) is 16.0. The van der Waals surface area contributed by atoms with Gasteiger partial charge < -0.3 is 5.32 Å². The van der Waals surface area contributed by atoms with Gasteiger partial charge in [0, 0.05) is 6.54 Å².